The van der Waals surface area contributed by atoms with Crippen molar-refractivity contribution >= 4 is 39.4 Å². The highest BCUT2D eigenvalue weighted by atomic mass is 32.2. The fourth-order valence-corrected chi connectivity index (χ4v) is 11.7. The fraction of sp³-hybridized carbons (Fsp3) is 0.875. The number of sulfone groups is 1. The molecule has 0 aromatic rings. The molecule has 4 N–H and O–H groups in total. The van der Waals surface area contributed by atoms with Crippen LogP contribution in [0.1, 0.15) is 138 Å². The predicted octanol–water partition coefficient (Wildman–Crippen LogP) is 4.40. The number of nitrogens with zero attached hydrogens (tertiary/aromatic N) is 1. The van der Waals surface area contributed by atoms with Crippen LogP contribution in [0.25, 0.3) is 0 Å². The molecule has 1 saturated heterocycles. The number of likely N-dealkylation sites (tertiary alicyclic amines) is 1. The third-order valence-electron chi connectivity index (χ3n) is 14.4. The Morgan fingerprint density at radius 1 is 0.868 bits per heavy atom. The molecule has 1 aliphatic heterocycles. The Hall–Kier alpha value is -2.70. The highest BCUT2D eigenvalue weighted by Crippen LogP contribution is 2.65. The summed E-state index contributed by atoms with van der Waals surface area (Å²) in [5.41, 5.74) is -2.98. The van der Waals surface area contributed by atoms with Gasteiger partial charge in [-0.1, -0.05) is 72.6 Å². The van der Waals surface area contributed by atoms with Crippen LogP contribution >= 0.6 is 0 Å². The number of Topliss-reactive ketones (excluding diaryl/α,β-unsaturated/α-hetero) is 1. The van der Waals surface area contributed by atoms with Gasteiger partial charge in [-0.3, -0.25) is 19.2 Å². The number of carbonyl (C=O) groups is 5. The molecule has 53 heavy (non-hydrogen) atoms. The molecule has 5 amide bonds. The van der Waals surface area contributed by atoms with E-state index in [0.717, 1.165) is 64.2 Å². The molecule has 0 spiro atoms. The number of hydrogen-bond donors (Lipinski definition) is 4. The summed E-state index contributed by atoms with van der Waals surface area (Å²) in [6, 6.07) is -2.34. The van der Waals surface area contributed by atoms with Crippen LogP contribution in [0.3, 0.4) is 0 Å². The van der Waals surface area contributed by atoms with Gasteiger partial charge in [-0.2, -0.15) is 0 Å². The zero-order valence-corrected chi connectivity index (χ0v) is 34.0. The molecule has 6 atom stereocenters. The van der Waals surface area contributed by atoms with Gasteiger partial charge in [-0.05, 0) is 100 Å². The number of rotatable bonds is 13. The van der Waals surface area contributed by atoms with Gasteiger partial charge in [-0.15, -0.1) is 0 Å². The standard InChI is InChI=1S/C40H65N5O7S/c1-8-26-21-40(26,31(46)33(48)41-22-25-15-16-25)43-32(47)29-28-27(37(28,5)6)23-45(29)34(49)30(38(7)17-11-9-12-18-38)42-35(50)44-39(19-13-10-14-20-39)24-53(51,52)36(2,3)4/h25-30H,8-24H2,1-7H3,(H,41,48)(H,43,47)(H2,42,44,50). The maximum atomic E-state index is 15.0. The lowest BCUT2D eigenvalue weighted by Crippen LogP contribution is -2.65. The molecule has 6 unspecified atom stereocenters. The second kappa shape index (κ2) is 14.1. The smallest absolute Gasteiger partial charge is 0.315 e. The van der Waals surface area contributed by atoms with E-state index < -0.39 is 66.8 Å². The van der Waals surface area contributed by atoms with Crippen LogP contribution in [-0.4, -0.2) is 89.6 Å². The highest BCUT2D eigenvalue weighted by Gasteiger charge is 2.71. The van der Waals surface area contributed by atoms with Crippen molar-refractivity contribution in [2.24, 2.45) is 34.5 Å². The van der Waals surface area contributed by atoms with Crippen molar-refractivity contribution in [3.8, 4) is 0 Å². The first-order valence-electron chi connectivity index (χ1n) is 20.5. The second-order valence-electron chi connectivity index (χ2n) is 19.6. The van der Waals surface area contributed by atoms with Crippen molar-refractivity contribution in [3.05, 3.63) is 0 Å². The molecule has 6 fully saturated rings. The van der Waals surface area contributed by atoms with Crippen molar-refractivity contribution in [1.82, 2.24) is 26.2 Å². The zero-order valence-electron chi connectivity index (χ0n) is 33.2. The summed E-state index contributed by atoms with van der Waals surface area (Å²) < 4.78 is 26.0. The van der Waals surface area contributed by atoms with Crippen molar-refractivity contribution in [3.63, 3.8) is 0 Å². The highest BCUT2D eigenvalue weighted by molar-refractivity contribution is 7.92. The molecule has 6 rings (SSSR count). The quantitative estimate of drug-likeness (QED) is 0.202. The van der Waals surface area contributed by atoms with E-state index in [9.17, 15) is 32.4 Å². The Kier molecular flexibility index (Phi) is 10.6. The molecule has 1 heterocycles. The Morgan fingerprint density at radius 2 is 1.47 bits per heavy atom. The van der Waals surface area contributed by atoms with Gasteiger partial charge in [-0.25, -0.2) is 13.2 Å². The van der Waals surface area contributed by atoms with Crippen LogP contribution in [0, 0.1) is 34.5 Å². The van der Waals surface area contributed by atoms with E-state index in [1.807, 2.05) is 13.8 Å². The predicted molar refractivity (Wildman–Crippen MR) is 202 cm³/mol. The van der Waals surface area contributed by atoms with Gasteiger partial charge in [0.1, 0.15) is 17.6 Å². The van der Waals surface area contributed by atoms with Gasteiger partial charge in [0, 0.05) is 13.1 Å². The average molecular weight is 760 g/mol. The van der Waals surface area contributed by atoms with E-state index in [1.54, 1.807) is 25.7 Å². The van der Waals surface area contributed by atoms with Gasteiger partial charge in [0.25, 0.3) is 5.91 Å². The topological polar surface area (TPSA) is 171 Å². The third-order valence-corrected chi connectivity index (χ3v) is 17.2. The van der Waals surface area contributed by atoms with Gasteiger partial charge in [0.2, 0.25) is 17.6 Å². The summed E-state index contributed by atoms with van der Waals surface area (Å²) in [5, 5.41) is 12.0. The van der Waals surface area contributed by atoms with Crippen LogP contribution < -0.4 is 21.3 Å². The monoisotopic (exact) mass is 759 g/mol. The zero-order chi connectivity index (χ0) is 38.8. The Morgan fingerprint density at radius 3 is 2.02 bits per heavy atom. The number of fused-ring (bicyclic) bond motifs is 1. The van der Waals surface area contributed by atoms with Gasteiger partial charge in [0.05, 0.1) is 16.0 Å². The number of ketones is 1. The normalized spacial score (nSPS) is 31.7. The summed E-state index contributed by atoms with van der Waals surface area (Å²) in [6.07, 6.45) is 11.0. The molecule has 12 nitrogen and oxygen atoms in total. The summed E-state index contributed by atoms with van der Waals surface area (Å²) >= 11 is 0. The molecular weight excluding hydrogens is 695 g/mol. The van der Waals surface area contributed by atoms with E-state index in [4.69, 9.17) is 0 Å². The lowest BCUT2D eigenvalue weighted by Gasteiger charge is -2.44. The van der Waals surface area contributed by atoms with E-state index >= 15 is 0 Å². The maximum Gasteiger partial charge on any atom is 0.315 e. The summed E-state index contributed by atoms with van der Waals surface area (Å²) in [6.45, 7) is 14.0. The number of piperidine rings is 1. The fourth-order valence-electron chi connectivity index (χ4n) is 10.1. The second-order valence-corrected chi connectivity index (χ2v) is 22.3. The molecule has 0 bridgehead atoms. The van der Waals surface area contributed by atoms with Crippen LogP contribution in [-0.2, 0) is 29.0 Å². The molecule has 5 aliphatic carbocycles. The van der Waals surface area contributed by atoms with E-state index in [-0.39, 0.29) is 34.8 Å². The minimum Gasteiger partial charge on any atom is -0.349 e. The van der Waals surface area contributed by atoms with E-state index in [0.29, 0.717) is 44.7 Å². The number of nitrogens with one attached hydrogen (secondary N) is 4. The molecule has 5 saturated carbocycles. The van der Waals surface area contributed by atoms with Crippen molar-refractivity contribution in [1.29, 1.82) is 0 Å². The Balaban J connectivity index is 1.24. The van der Waals surface area contributed by atoms with Crippen molar-refractivity contribution in [2.45, 2.75) is 166 Å². The van der Waals surface area contributed by atoms with Crippen molar-refractivity contribution < 1.29 is 32.4 Å². The maximum absolute atomic E-state index is 15.0. The van der Waals surface area contributed by atoms with Gasteiger partial charge < -0.3 is 26.2 Å². The molecule has 0 aromatic carbocycles. The first-order chi connectivity index (χ1) is 24.7. The van der Waals surface area contributed by atoms with Gasteiger partial charge >= 0.3 is 6.03 Å². The molecule has 0 radical (unpaired) electrons. The largest absolute Gasteiger partial charge is 0.349 e. The minimum absolute atomic E-state index is 0.0821. The van der Waals surface area contributed by atoms with Crippen LogP contribution in [0.4, 0.5) is 4.79 Å². The number of carbonyl (C=O) groups excluding carboxylic acids is 5. The molecule has 13 heteroatoms. The van der Waals surface area contributed by atoms with Crippen LogP contribution in [0.15, 0.2) is 0 Å². The SMILES string of the molecule is CCC1CC1(NC(=O)C1C2C(CN1C(=O)C(NC(=O)NC1(CS(=O)(=O)C(C)(C)C)CCCCC1)C1(C)CCCCC1)C2(C)C)C(=O)C(=O)NCC1CC1. The molecule has 298 valence electrons. The first-order valence-corrected chi connectivity index (χ1v) is 22.1. The lowest BCUT2D eigenvalue weighted by molar-refractivity contribution is -0.146. The Bertz CT molecular complexity index is 1590. The van der Waals surface area contributed by atoms with Crippen molar-refractivity contribution in [2.75, 3.05) is 18.8 Å². The minimum atomic E-state index is -3.56. The summed E-state index contributed by atoms with van der Waals surface area (Å²) in [7, 11) is -3.56. The van der Waals surface area contributed by atoms with E-state index in [2.05, 4.69) is 35.1 Å². The summed E-state index contributed by atoms with van der Waals surface area (Å²) in [4.78, 5) is 71.9. The third kappa shape index (κ3) is 7.75. The molecule has 0 aromatic heterocycles. The lowest BCUT2D eigenvalue weighted by atomic mass is 9.70. The van der Waals surface area contributed by atoms with Gasteiger partial charge in [0.15, 0.2) is 9.84 Å². The first kappa shape index (κ1) is 40.0. The molecule has 6 aliphatic rings. The Labute approximate surface area is 316 Å². The van der Waals surface area contributed by atoms with E-state index in [1.165, 1.54) is 0 Å². The summed E-state index contributed by atoms with van der Waals surface area (Å²) in [5.74, 6) is -1.98. The number of hydrogen-bond acceptors (Lipinski definition) is 7. The average Bonchev–Trinajstić information content (AvgIpc) is 4.04. The van der Waals surface area contributed by atoms with Crippen LogP contribution in [0.2, 0.25) is 0 Å². The number of amides is 5. The molecular formula is C40H65N5O7S. The number of urea groups is 1. The van der Waals surface area contributed by atoms with Crippen LogP contribution in [0.5, 0.6) is 0 Å².